The van der Waals surface area contributed by atoms with Gasteiger partial charge in [-0.05, 0) is 46.3 Å². The number of amides is 1. The number of carbonyl (C=O) groups excluding carboxylic acids is 2. The number of esters is 1. The molecule has 8 nitrogen and oxygen atoms in total. The first kappa shape index (κ1) is 20.6. The van der Waals surface area contributed by atoms with Crippen molar-refractivity contribution in [1.29, 1.82) is 0 Å². The quantitative estimate of drug-likeness (QED) is 0.605. The number of aromatic nitrogens is 4. The van der Waals surface area contributed by atoms with Crippen LogP contribution in [0.25, 0.3) is 16.8 Å². The minimum Gasteiger partial charge on any atom is -0.445 e. The molecule has 0 atom stereocenters. The number of benzene rings is 2. The number of nitrogens with zero attached hydrogens (tertiary/aromatic N) is 4. The highest BCUT2D eigenvalue weighted by Crippen LogP contribution is 2.40. The minimum absolute atomic E-state index is 0.0405. The third kappa shape index (κ3) is 3.88. The molecule has 1 saturated carbocycles. The zero-order valence-electron chi connectivity index (χ0n) is 16.8. The number of carbonyl (C=O) groups is 2. The van der Waals surface area contributed by atoms with Gasteiger partial charge in [0.2, 0.25) is 0 Å². The van der Waals surface area contributed by atoms with Crippen LogP contribution in [0.2, 0.25) is 0 Å². The molecule has 0 spiro atoms. The van der Waals surface area contributed by atoms with Crippen molar-refractivity contribution in [1.82, 2.24) is 20.2 Å². The monoisotopic (exact) mass is 427 g/mol. The zero-order chi connectivity index (χ0) is 22.3. The molecule has 10 heteroatoms. The molecule has 2 aromatic carbocycles. The normalized spacial score (nSPS) is 14.5. The third-order valence-electron chi connectivity index (χ3n) is 5.09. The van der Waals surface area contributed by atoms with Gasteiger partial charge in [0.1, 0.15) is 11.6 Å². The molecule has 2 N–H and O–H groups in total. The van der Waals surface area contributed by atoms with Crippen LogP contribution in [-0.2, 0) is 9.53 Å². The maximum atomic E-state index is 14.5. The Morgan fingerprint density at radius 1 is 1.16 bits per heavy atom. The molecular formula is C21H19F2N5O3. The van der Waals surface area contributed by atoms with Gasteiger partial charge in [-0.3, -0.25) is 4.79 Å². The van der Waals surface area contributed by atoms with Gasteiger partial charge in [0.05, 0.1) is 11.3 Å². The summed E-state index contributed by atoms with van der Waals surface area (Å²) in [5.74, 6) is -2.55. The molecule has 1 fully saturated rings. The zero-order valence-corrected chi connectivity index (χ0v) is 16.8. The Morgan fingerprint density at radius 3 is 2.52 bits per heavy atom. The second-order valence-electron chi connectivity index (χ2n) is 7.74. The number of hydrogen-bond acceptors (Lipinski definition) is 6. The molecule has 0 bridgehead atoms. The highest BCUT2D eigenvalue weighted by atomic mass is 19.1. The third-order valence-corrected chi connectivity index (χ3v) is 5.09. The van der Waals surface area contributed by atoms with E-state index in [0.29, 0.717) is 24.4 Å². The lowest BCUT2D eigenvalue weighted by Crippen LogP contribution is -2.35. The fourth-order valence-electron chi connectivity index (χ4n) is 3.22. The molecule has 1 aliphatic carbocycles. The van der Waals surface area contributed by atoms with Gasteiger partial charge in [-0.2, -0.15) is 4.68 Å². The summed E-state index contributed by atoms with van der Waals surface area (Å²) >= 11 is 0. The van der Waals surface area contributed by atoms with Gasteiger partial charge >= 0.3 is 5.97 Å². The molecule has 1 heterocycles. The second kappa shape index (κ2) is 7.53. The van der Waals surface area contributed by atoms with Gasteiger partial charge in [0.25, 0.3) is 5.91 Å². The van der Waals surface area contributed by atoms with Gasteiger partial charge in [-0.15, -0.1) is 5.10 Å². The summed E-state index contributed by atoms with van der Waals surface area (Å²) in [6.45, 7) is 3.79. The fourth-order valence-corrected chi connectivity index (χ4v) is 3.22. The number of tetrazole rings is 1. The van der Waals surface area contributed by atoms with E-state index in [1.807, 2.05) is 13.8 Å². The van der Waals surface area contributed by atoms with Crippen LogP contribution in [0.5, 0.6) is 0 Å². The number of halogens is 2. The Morgan fingerprint density at radius 2 is 1.90 bits per heavy atom. The van der Waals surface area contributed by atoms with Gasteiger partial charge in [0, 0.05) is 30.4 Å². The first-order valence-corrected chi connectivity index (χ1v) is 9.62. The second-order valence-corrected chi connectivity index (χ2v) is 7.74. The van der Waals surface area contributed by atoms with Crippen molar-refractivity contribution in [2.45, 2.75) is 38.2 Å². The van der Waals surface area contributed by atoms with Gasteiger partial charge in [-0.25, -0.2) is 13.6 Å². The van der Waals surface area contributed by atoms with Crippen LogP contribution in [0.1, 0.15) is 48.8 Å². The largest absolute Gasteiger partial charge is 0.445 e. The Balaban J connectivity index is 1.83. The van der Waals surface area contributed by atoms with E-state index in [9.17, 15) is 18.4 Å². The van der Waals surface area contributed by atoms with Crippen LogP contribution in [0.15, 0.2) is 36.4 Å². The molecular weight excluding hydrogens is 408 g/mol. The molecule has 1 amide bonds. The summed E-state index contributed by atoms with van der Waals surface area (Å²) in [6.07, 6.45) is 0.690. The first-order chi connectivity index (χ1) is 14.7. The van der Waals surface area contributed by atoms with E-state index >= 15 is 0 Å². The predicted molar refractivity (Wildman–Crippen MR) is 105 cm³/mol. The standard InChI is InChI=1S/C21H19F2N5O3/c1-11(2)18-25-26-27-28(18)15-8-12(16-4-3-14(22)10-17(16)23)7-13(9-15)19(29)31-21(5-6-21)20(24)30/h3-4,7-11H,5-6H2,1-2H3,(H2,24,30). The maximum Gasteiger partial charge on any atom is 0.339 e. The summed E-state index contributed by atoms with van der Waals surface area (Å²) in [5.41, 5.74) is 4.82. The fraction of sp³-hybridized carbons (Fsp3) is 0.286. The highest BCUT2D eigenvalue weighted by Gasteiger charge is 2.53. The molecule has 160 valence electrons. The molecule has 31 heavy (non-hydrogen) atoms. The number of primary amides is 1. The van der Waals surface area contributed by atoms with Gasteiger partial charge in [0.15, 0.2) is 11.4 Å². The van der Waals surface area contributed by atoms with E-state index < -0.39 is 29.1 Å². The smallest absolute Gasteiger partial charge is 0.339 e. The number of nitrogens with two attached hydrogens (primary N) is 1. The van der Waals surface area contributed by atoms with Crippen LogP contribution in [0.4, 0.5) is 8.78 Å². The SMILES string of the molecule is CC(C)c1nnnn1-c1cc(C(=O)OC2(C(N)=O)CC2)cc(-c2ccc(F)cc2F)c1. The van der Waals surface area contributed by atoms with Gasteiger partial charge in [-0.1, -0.05) is 13.8 Å². The van der Waals surface area contributed by atoms with E-state index in [0.717, 1.165) is 12.1 Å². The average molecular weight is 427 g/mol. The van der Waals surface area contributed by atoms with Crippen molar-refractivity contribution < 1.29 is 23.1 Å². The van der Waals surface area contributed by atoms with Crippen LogP contribution >= 0.6 is 0 Å². The van der Waals surface area contributed by atoms with Crippen molar-refractivity contribution in [2.24, 2.45) is 5.73 Å². The van der Waals surface area contributed by atoms with E-state index in [1.54, 1.807) is 6.07 Å². The van der Waals surface area contributed by atoms with E-state index in [-0.39, 0.29) is 22.6 Å². The van der Waals surface area contributed by atoms with Crippen LogP contribution in [0.3, 0.4) is 0 Å². The van der Waals surface area contributed by atoms with Crippen molar-refractivity contribution in [3.63, 3.8) is 0 Å². The number of hydrogen-bond donors (Lipinski definition) is 1. The molecule has 1 aliphatic rings. The summed E-state index contributed by atoms with van der Waals surface area (Å²) in [4.78, 5) is 24.4. The van der Waals surface area contributed by atoms with Crippen molar-refractivity contribution >= 4 is 11.9 Å². The first-order valence-electron chi connectivity index (χ1n) is 9.62. The molecule has 0 aliphatic heterocycles. The van der Waals surface area contributed by atoms with Crippen LogP contribution in [0, 0.1) is 11.6 Å². The summed E-state index contributed by atoms with van der Waals surface area (Å²) < 4.78 is 34.7. The average Bonchev–Trinajstić information content (AvgIpc) is 3.32. The summed E-state index contributed by atoms with van der Waals surface area (Å²) in [7, 11) is 0. The van der Waals surface area contributed by atoms with E-state index in [2.05, 4.69) is 15.5 Å². The Labute approximate surface area is 176 Å². The molecule has 4 rings (SSSR count). The molecule has 3 aromatic rings. The lowest BCUT2D eigenvalue weighted by Gasteiger charge is -2.15. The topological polar surface area (TPSA) is 113 Å². The number of rotatable bonds is 6. The maximum absolute atomic E-state index is 14.5. The lowest BCUT2D eigenvalue weighted by atomic mass is 10.0. The van der Waals surface area contributed by atoms with E-state index in [1.165, 1.54) is 22.9 Å². The summed E-state index contributed by atoms with van der Waals surface area (Å²) in [6, 6.07) is 7.60. The Kier molecular flexibility index (Phi) is 5.00. The van der Waals surface area contributed by atoms with Gasteiger partial charge < -0.3 is 10.5 Å². The molecule has 0 radical (unpaired) electrons. The lowest BCUT2D eigenvalue weighted by molar-refractivity contribution is -0.128. The highest BCUT2D eigenvalue weighted by molar-refractivity contribution is 5.96. The van der Waals surface area contributed by atoms with Crippen LogP contribution < -0.4 is 5.73 Å². The molecule has 0 saturated heterocycles. The van der Waals surface area contributed by atoms with Crippen molar-refractivity contribution in [2.75, 3.05) is 0 Å². The van der Waals surface area contributed by atoms with Crippen molar-refractivity contribution in [3.05, 3.63) is 59.4 Å². The molecule has 1 aromatic heterocycles. The minimum atomic E-state index is -1.31. The Bertz CT molecular complexity index is 1190. The van der Waals surface area contributed by atoms with E-state index in [4.69, 9.17) is 10.5 Å². The van der Waals surface area contributed by atoms with Crippen LogP contribution in [-0.4, -0.2) is 37.7 Å². The van der Waals surface area contributed by atoms with Crippen molar-refractivity contribution in [3.8, 4) is 16.8 Å². The number of ether oxygens (including phenoxy) is 1. The molecule has 0 unspecified atom stereocenters. The Hall–Kier alpha value is -3.69. The predicted octanol–water partition coefficient (Wildman–Crippen LogP) is 2.91. The summed E-state index contributed by atoms with van der Waals surface area (Å²) in [5, 5.41) is 11.6.